The van der Waals surface area contributed by atoms with Gasteiger partial charge >= 0.3 is 0 Å². The minimum absolute atomic E-state index is 0. The summed E-state index contributed by atoms with van der Waals surface area (Å²) in [4.78, 5) is 0. The minimum Gasteiger partial charge on any atom is -0.380 e. The molecule has 0 aromatic heterocycles. The van der Waals surface area contributed by atoms with Crippen molar-refractivity contribution in [3.63, 3.8) is 0 Å². The van der Waals surface area contributed by atoms with Crippen LogP contribution in [-0.2, 0) is 9.16 Å². The highest BCUT2D eigenvalue weighted by molar-refractivity contribution is 6.97. The SMILES string of the molecule is CCCC[Si](O[C@@]1(C)CNCCO1)(c1ccccc1)c1ccccc1.Cl. The van der Waals surface area contributed by atoms with Gasteiger partial charge in [-0.2, -0.15) is 0 Å². The standard InChI is InChI=1S/C21H29NO2Si.ClH/c1-3-4-17-25(19-11-7-5-8-12-19,20-13-9-6-10-14-20)24-21(2)18-22-15-16-23-21;/h5-14,22H,3-4,15-18H2,1-2H3;1H/t21-;/m0./s1. The first kappa shape index (κ1) is 21.1. The van der Waals surface area contributed by atoms with E-state index in [2.05, 4.69) is 79.8 Å². The largest absolute Gasteiger partial charge is 0.380 e. The lowest BCUT2D eigenvalue weighted by Gasteiger charge is -2.43. The van der Waals surface area contributed by atoms with Gasteiger partial charge in [0.25, 0.3) is 8.32 Å². The van der Waals surface area contributed by atoms with Crippen molar-refractivity contribution in [3.05, 3.63) is 60.7 Å². The minimum atomic E-state index is -2.39. The van der Waals surface area contributed by atoms with Crippen LogP contribution < -0.4 is 15.7 Å². The van der Waals surface area contributed by atoms with E-state index in [1.165, 1.54) is 10.4 Å². The summed E-state index contributed by atoms with van der Waals surface area (Å²) in [5.41, 5.74) is 0. The van der Waals surface area contributed by atoms with Crippen LogP contribution in [0.2, 0.25) is 6.04 Å². The Balaban J connectivity index is 0.00000243. The molecule has 0 amide bonds. The molecule has 142 valence electrons. The van der Waals surface area contributed by atoms with Crippen molar-refractivity contribution in [2.24, 2.45) is 0 Å². The van der Waals surface area contributed by atoms with Gasteiger partial charge in [0.1, 0.15) is 0 Å². The third kappa shape index (κ3) is 4.75. The van der Waals surface area contributed by atoms with Crippen LogP contribution in [0, 0.1) is 0 Å². The zero-order valence-corrected chi connectivity index (χ0v) is 17.6. The molecular weight excluding hydrogens is 362 g/mol. The van der Waals surface area contributed by atoms with Crippen LogP contribution in [-0.4, -0.2) is 33.8 Å². The van der Waals surface area contributed by atoms with Crippen LogP contribution in [0.25, 0.3) is 0 Å². The summed E-state index contributed by atoms with van der Waals surface area (Å²) in [6.45, 7) is 6.64. The lowest BCUT2D eigenvalue weighted by molar-refractivity contribution is -0.186. The Bertz CT molecular complexity index is 608. The predicted molar refractivity (Wildman–Crippen MR) is 113 cm³/mol. The maximum Gasteiger partial charge on any atom is 0.259 e. The molecule has 0 radical (unpaired) electrons. The first-order chi connectivity index (χ1) is 12.2. The van der Waals surface area contributed by atoms with Crippen molar-refractivity contribution in [2.45, 2.75) is 38.5 Å². The average molecular weight is 392 g/mol. The Labute approximate surface area is 164 Å². The van der Waals surface area contributed by atoms with Gasteiger partial charge in [0, 0.05) is 13.1 Å². The number of nitrogens with one attached hydrogen (secondary N) is 1. The number of hydrogen-bond acceptors (Lipinski definition) is 3. The lowest BCUT2D eigenvalue weighted by Crippen LogP contribution is -2.67. The van der Waals surface area contributed by atoms with Crippen molar-refractivity contribution >= 4 is 31.1 Å². The Morgan fingerprint density at radius 1 is 1.04 bits per heavy atom. The van der Waals surface area contributed by atoms with E-state index in [-0.39, 0.29) is 12.4 Å². The fourth-order valence-corrected chi connectivity index (χ4v) is 8.03. The Morgan fingerprint density at radius 2 is 1.62 bits per heavy atom. The summed E-state index contributed by atoms with van der Waals surface area (Å²) in [5, 5.41) is 6.08. The second kappa shape index (κ2) is 9.67. The molecule has 3 rings (SSSR count). The smallest absolute Gasteiger partial charge is 0.259 e. The van der Waals surface area contributed by atoms with Gasteiger partial charge in [-0.1, -0.05) is 80.4 Å². The molecule has 1 aliphatic rings. The molecule has 3 nitrogen and oxygen atoms in total. The van der Waals surface area contributed by atoms with E-state index >= 15 is 0 Å². The molecule has 0 saturated carbocycles. The highest BCUT2D eigenvalue weighted by Crippen LogP contribution is 2.25. The first-order valence-corrected chi connectivity index (χ1v) is 11.5. The third-order valence-electron chi connectivity index (χ3n) is 4.89. The highest BCUT2D eigenvalue weighted by atomic mass is 35.5. The summed E-state index contributed by atoms with van der Waals surface area (Å²) in [6, 6.07) is 22.6. The van der Waals surface area contributed by atoms with Gasteiger partial charge in [-0.25, -0.2) is 0 Å². The Morgan fingerprint density at radius 3 is 2.08 bits per heavy atom. The van der Waals surface area contributed by atoms with Crippen LogP contribution >= 0.6 is 12.4 Å². The number of rotatable bonds is 7. The normalized spacial score (nSPS) is 20.4. The first-order valence-electron chi connectivity index (χ1n) is 9.34. The number of halogens is 1. The van der Waals surface area contributed by atoms with Crippen molar-refractivity contribution in [1.29, 1.82) is 0 Å². The number of unbranched alkanes of at least 4 members (excludes halogenated alkanes) is 1. The summed E-state index contributed by atoms with van der Waals surface area (Å²) in [6.07, 6.45) is 2.31. The monoisotopic (exact) mass is 391 g/mol. The van der Waals surface area contributed by atoms with E-state index < -0.39 is 14.1 Å². The highest BCUT2D eigenvalue weighted by Gasteiger charge is 2.45. The molecule has 0 aliphatic carbocycles. The van der Waals surface area contributed by atoms with Crippen LogP contribution in [0.5, 0.6) is 0 Å². The lowest BCUT2D eigenvalue weighted by atomic mass is 10.3. The predicted octanol–water partition coefficient (Wildman–Crippen LogP) is 3.32. The van der Waals surface area contributed by atoms with Gasteiger partial charge in [0.15, 0.2) is 5.79 Å². The topological polar surface area (TPSA) is 30.5 Å². The Kier molecular flexibility index (Phi) is 7.86. The van der Waals surface area contributed by atoms with Crippen LogP contribution in [0.3, 0.4) is 0 Å². The zero-order valence-electron chi connectivity index (χ0n) is 15.7. The maximum absolute atomic E-state index is 6.99. The van der Waals surface area contributed by atoms with Gasteiger partial charge in [0.05, 0.1) is 6.61 Å². The molecule has 26 heavy (non-hydrogen) atoms. The second-order valence-electron chi connectivity index (χ2n) is 6.92. The van der Waals surface area contributed by atoms with Crippen molar-refractivity contribution in [2.75, 3.05) is 19.7 Å². The van der Waals surface area contributed by atoms with Gasteiger partial charge in [-0.3, -0.25) is 0 Å². The maximum atomic E-state index is 6.99. The molecule has 1 aliphatic heterocycles. The molecule has 2 aromatic carbocycles. The fraction of sp³-hybridized carbons (Fsp3) is 0.429. The molecule has 1 atom stereocenters. The van der Waals surface area contributed by atoms with Crippen LogP contribution in [0.4, 0.5) is 0 Å². The van der Waals surface area contributed by atoms with Crippen LogP contribution in [0.1, 0.15) is 26.7 Å². The molecule has 0 unspecified atom stereocenters. The summed E-state index contributed by atoms with van der Waals surface area (Å²) in [5.74, 6) is -0.579. The average Bonchev–Trinajstić information content (AvgIpc) is 2.67. The van der Waals surface area contributed by atoms with Crippen LogP contribution in [0.15, 0.2) is 60.7 Å². The molecule has 1 N–H and O–H groups in total. The molecule has 1 fully saturated rings. The third-order valence-corrected chi connectivity index (χ3v) is 9.25. The van der Waals surface area contributed by atoms with E-state index in [1.54, 1.807) is 0 Å². The number of ether oxygens (including phenoxy) is 1. The van der Waals surface area contributed by atoms with E-state index in [1.807, 2.05) is 0 Å². The molecule has 2 aromatic rings. The molecule has 1 saturated heterocycles. The molecule has 5 heteroatoms. The second-order valence-corrected chi connectivity index (χ2v) is 10.4. The fourth-order valence-electron chi connectivity index (χ4n) is 3.60. The van der Waals surface area contributed by atoms with Crippen molar-refractivity contribution in [3.8, 4) is 0 Å². The van der Waals surface area contributed by atoms with Gasteiger partial charge in [-0.15, -0.1) is 12.4 Å². The summed E-state index contributed by atoms with van der Waals surface area (Å²) < 4.78 is 13.1. The van der Waals surface area contributed by atoms with Crippen molar-refractivity contribution in [1.82, 2.24) is 5.32 Å². The summed E-state index contributed by atoms with van der Waals surface area (Å²) in [7, 11) is -2.39. The van der Waals surface area contributed by atoms with Gasteiger partial charge < -0.3 is 14.5 Å². The summed E-state index contributed by atoms with van der Waals surface area (Å²) >= 11 is 0. The van der Waals surface area contributed by atoms with E-state index in [4.69, 9.17) is 9.16 Å². The van der Waals surface area contributed by atoms with E-state index in [0.29, 0.717) is 6.61 Å². The quantitative estimate of drug-likeness (QED) is 0.734. The van der Waals surface area contributed by atoms with Crippen molar-refractivity contribution < 1.29 is 9.16 Å². The molecule has 0 bridgehead atoms. The van der Waals surface area contributed by atoms with E-state index in [9.17, 15) is 0 Å². The number of hydrogen-bond donors (Lipinski definition) is 1. The number of benzene rings is 2. The zero-order chi connectivity index (χ0) is 17.6. The molecule has 0 spiro atoms. The van der Waals surface area contributed by atoms with E-state index in [0.717, 1.165) is 32.0 Å². The number of morpholine rings is 1. The Hall–Kier alpha value is -1.17. The van der Waals surface area contributed by atoms with Gasteiger partial charge in [-0.05, 0) is 23.3 Å². The molecular formula is C21H30ClNO2Si. The van der Waals surface area contributed by atoms with Gasteiger partial charge in [0.2, 0.25) is 0 Å². The molecule has 1 heterocycles.